The number of carbonyl (C=O) groups is 2. The van der Waals surface area contributed by atoms with Crippen molar-refractivity contribution in [2.75, 3.05) is 7.05 Å². The van der Waals surface area contributed by atoms with E-state index in [2.05, 4.69) is 10.3 Å². The second-order valence-corrected chi connectivity index (χ2v) is 7.94. The number of fused-ring (bicyclic) bond motifs is 1. The minimum absolute atomic E-state index is 0.133. The highest BCUT2D eigenvalue weighted by atomic mass is 16.5. The first kappa shape index (κ1) is 19.9. The summed E-state index contributed by atoms with van der Waals surface area (Å²) in [6, 6.07) is 17.7. The lowest BCUT2D eigenvalue weighted by Crippen LogP contribution is -2.34. The molecule has 0 radical (unpaired) electrons. The standard InChI is InChI=1S/C24H25N3O3/c1-15-11-17(19-5-3-4-6-21(19)27-15)14-30-18-9-7-16(8-10-18)12-24(23(29)26-2)13-20(24)22(25)28/h3-11,20H,12-14H2,1-2H3,(H2,25,28)(H,26,29)/t20-,24+/m1/s1. The SMILES string of the molecule is CNC(=O)[C@@]1(Cc2ccc(OCc3cc(C)nc4ccccc34)cc2)C[C@@H]1C(N)=O. The molecule has 6 heteroatoms. The number of para-hydroxylation sites is 1. The molecular formula is C24H25N3O3. The van der Waals surface area contributed by atoms with Crippen molar-refractivity contribution >= 4 is 22.7 Å². The monoisotopic (exact) mass is 403 g/mol. The fraction of sp³-hybridized carbons (Fsp3) is 0.292. The van der Waals surface area contributed by atoms with Gasteiger partial charge in [0.2, 0.25) is 11.8 Å². The number of pyridine rings is 1. The number of hydrogen-bond donors (Lipinski definition) is 2. The van der Waals surface area contributed by atoms with Gasteiger partial charge in [-0.1, -0.05) is 30.3 Å². The predicted octanol–water partition coefficient (Wildman–Crippen LogP) is 2.90. The Balaban J connectivity index is 1.46. The number of rotatable bonds is 7. The van der Waals surface area contributed by atoms with Crippen LogP contribution >= 0.6 is 0 Å². The van der Waals surface area contributed by atoms with Gasteiger partial charge in [-0.25, -0.2) is 0 Å². The Morgan fingerprint density at radius 3 is 2.60 bits per heavy atom. The number of amides is 2. The van der Waals surface area contributed by atoms with Gasteiger partial charge in [0.15, 0.2) is 0 Å². The van der Waals surface area contributed by atoms with Gasteiger partial charge < -0.3 is 15.8 Å². The summed E-state index contributed by atoms with van der Waals surface area (Å²) in [7, 11) is 1.59. The summed E-state index contributed by atoms with van der Waals surface area (Å²) < 4.78 is 6.00. The Morgan fingerprint density at radius 1 is 1.20 bits per heavy atom. The van der Waals surface area contributed by atoms with E-state index in [-0.39, 0.29) is 5.91 Å². The fourth-order valence-corrected chi connectivity index (χ4v) is 4.20. The zero-order valence-corrected chi connectivity index (χ0v) is 17.1. The Kier molecular flexibility index (Phi) is 5.16. The molecular weight excluding hydrogens is 378 g/mol. The van der Waals surface area contributed by atoms with Crippen molar-refractivity contribution in [1.29, 1.82) is 0 Å². The molecule has 0 bridgehead atoms. The summed E-state index contributed by atoms with van der Waals surface area (Å²) in [5.41, 5.74) is 8.69. The third kappa shape index (κ3) is 3.73. The van der Waals surface area contributed by atoms with Gasteiger partial charge in [-0.3, -0.25) is 14.6 Å². The molecule has 0 spiro atoms. The van der Waals surface area contributed by atoms with E-state index >= 15 is 0 Å². The van der Waals surface area contributed by atoms with Crippen LogP contribution in [-0.2, 0) is 22.6 Å². The lowest BCUT2D eigenvalue weighted by atomic mass is 9.92. The molecule has 1 aliphatic rings. The molecule has 4 rings (SSSR count). The predicted molar refractivity (Wildman–Crippen MR) is 115 cm³/mol. The number of carbonyl (C=O) groups excluding carboxylic acids is 2. The minimum Gasteiger partial charge on any atom is -0.489 e. The summed E-state index contributed by atoms with van der Waals surface area (Å²) in [5.74, 6) is -0.213. The van der Waals surface area contributed by atoms with Crippen LogP contribution in [0.1, 0.15) is 23.2 Å². The van der Waals surface area contributed by atoms with Gasteiger partial charge in [-0.2, -0.15) is 0 Å². The van der Waals surface area contributed by atoms with Crippen LogP contribution < -0.4 is 15.8 Å². The molecule has 1 heterocycles. The second kappa shape index (κ2) is 7.78. The third-order valence-electron chi connectivity index (χ3n) is 5.87. The summed E-state index contributed by atoms with van der Waals surface area (Å²) in [6.45, 7) is 2.42. The lowest BCUT2D eigenvalue weighted by Gasteiger charge is -2.15. The van der Waals surface area contributed by atoms with Gasteiger partial charge in [0.05, 0.1) is 16.8 Å². The molecule has 1 aliphatic carbocycles. The molecule has 0 unspecified atom stereocenters. The molecule has 3 aromatic rings. The number of nitrogens with two attached hydrogens (primary N) is 1. The number of aryl methyl sites for hydroxylation is 1. The van der Waals surface area contributed by atoms with Crippen molar-refractivity contribution in [2.24, 2.45) is 17.1 Å². The molecule has 0 aliphatic heterocycles. The zero-order valence-electron chi connectivity index (χ0n) is 17.1. The molecule has 154 valence electrons. The van der Waals surface area contributed by atoms with Gasteiger partial charge in [0.1, 0.15) is 12.4 Å². The fourth-order valence-electron chi connectivity index (χ4n) is 4.20. The smallest absolute Gasteiger partial charge is 0.227 e. The van der Waals surface area contributed by atoms with Gasteiger partial charge in [-0.05, 0) is 49.6 Å². The van der Waals surface area contributed by atoms with E-state index in [0.29, 0.717) is 19.4 Å². The minimum atomic E-state index is -0.726. The van der Waals surface area contributed by atoms with E-state index in [1.807, 2.05) is 61.5 Å². The van der Waals surface area contributed by atoms with Crippen molar-refractivity contribution in [3.63, 3.8) is 0 Å². The van der Waals surface area contributed by atoms with Crippen molar-refractivity contribution in [3.05, 3.63) is 71.4 Å². The van der Waals surface area contributed by atoms with Crippen molar-refractivity contribution in [1.82, 2.24) is 10.3 Å². The first-order valence-electron chi connectivity index (χ1n) is 10.0. The summed E-state index contributed by atoms with van der Waals surface area (Å²) in [6.07, 6.45) is 0.976. The third-order valence-corrected chi connectivity index (χ3v) is 5.87. The van der Waals surface area contributed by atoms with Crippen LogP contribution in [0.3, 0.4) is 0 Å². The maximum atomic E-state index is 12.3. The normalized spacial score (nSPS) is 20.0. The molecule has 30 heavy (non-hydrogen) atoms. The van der Waals surface area contributed by atoms with Crippen molar-refractivity contribution in [2.45, 2.75) is 26.4 Å². The largest absolute Gasteiger partial charge is 0.489 e. The summed E-state index contributed by atoms with van der Waals surface area (Å²) in [5, 5.41) is 3.75. The van der Waals surface area contributed by atoms with Crippen LogP contribution in [0, 0.1) is 18.3 Å². The summed E-state index contributed by atoms with van der Waals surface area (Å²) >= 11 is 0. The highest BCUT2D eigenvalue weighted by Crippen LogP contribution is 2.54. The van der Waals surface area contributed by atoms with Crippen molar-refractivity contribution < 1.29 is 14.3 Å². The molecule has 1 saturated carbocycles. The van der Waals surface area contributed by atoms with E-state index < -0.39 is 17.2 Å². The Labute approximate surface area is 175 Å². The van der Waals surface area contributed by atoms with Gasteiger partial charge >= 0.3 is 0 Å². The molecule has 3 N–H and O–H groups in total. The second-order valence-electron chi connectivity index (χ2n) is 7.94. The number of primary amides is 1. The van der Waals surface area contributed by atoms with E-state index in [0.717, 1.165) is 33.5 Å². The van der Waals surface area contributed by atoms with Gasteiger partial charge in [0, 0.05) is 23.7 Å². The van der Waals surface area contributed by atoms with Gasteiger partial charge in [-0.15, -0.1) is 0 Å². The quantitative estimate of drug-likeness (QED) is 0.634. The number of hydrogen-bond acceptors (Lipinski definition) is 4. The van der Waals surface area contributed by atoms with Crippen LogP contribution in [0.5, 0.6) is 5.75 Å². The number of nitrogens with one attached hydrogen (secondary N) is 1. The maximum absolute atomic E-state index is 12.3. The van der Waals surface area contributed by atoms with E-state index in [1.54, 1.807) is 7.05 Å². The Hall–Kier alpha value is -3.41. The topological polar surface area (TPSA) is 94.3 Å². The molecule has 6 nitrogen and oxygen atoms in total. The Morgan fingerprint density at radius 2 is 1.93 bits per heavy atom. The average molecular weight is 403 g/mol. The Bertz CT molecular complexity index is 1110. The molecule has 1 aromatic heterocycles. The van der Waals surface area contributed by atoms with Crippen molar-refractivity contribution in [3.8, 4) is 5.75 Å². The average Bonchev–Trinajstić information content (AvgIpc) is 3.48. The maximum Gasteiger partial charge on any atom is 0.227 e. The molecule has 2 atom stereocenters. The number of ether oxygens (including phenoxy) is 1. The molecule has 2 aromatic carbocycles. The molecule has 1 fully saturated rings. The van der Waals surface area contributed by atoms with Crippen LogP contribution in [0.2, 0.25) is 0 Å². The van der Waals surface area contributed by atoms with Crippen LogP contribution in [-0.4, -0.2) is 23.8 Å². The lowest BCUT2D eigenvalue weighted by molar-refractivity contribution is -0.129. The van der Waals surface area contributed by atoms with E-state index in [1.165, 1.54) is 0 Å². The summed E-state index contributed by atoms with van der Waals surface area (Å²) in [4.78, 5) is 28.5. The number of benzene rings is 2. The number of nitrogens with zero attached hydrogens (tertiary/aromatic N) is 1. The molecule has 2 amide bonds. The number of aromatic nitrogens is 1. The van der Waals surface area contributed by atoms with Crippen LogP contribution in [0.15, 0.2) is 54.6 Å². The van der Waals surface area contributed by atoms with Gasteiger partial charge in [0.25, 0.3) is 0 Å². The first-order valence-corrected chi connectivity index (χ1v) is 10.0. The van der Waals surface area contributed by atoms with Crippen LogP contribution in [0.4, 0.5) is 0 Å². The van der Waals surface area contributed by atoms with Crippen LogP contribution in [0.25, 0.3) is 10.9 Å². The highest BCUT2D eigenvalue weighted by Gasteiger charge is 2.62. The van der Waals surface area contributed by atoms with E-state index in [9.17, 15) is 9.59 Å². The molecule has 0 saturated heterocycles. The first-order chi connectivity index (χ1) is 14.4. The van der Waals surface area contributed by atoms with E-state index in [4.69, 9.17) is 10.5 Å². The zero-order chi connectivity index (χ0) is 21.3. The highest BCUT2D eigenvalue weighted by molar-refractivity contribution is 5.95.